The van der Waals surface area contributed by atoms with Crippen LogP contribution in [0.25, 0.3) is 0 Å². The highest BCUT2D eigenvalue weighted by Crippen LogP contribution is 2.19. The molecule has 0 aromatic heterocycles. The van der Waals surface area contributed by atoms with Gasteiger partial charge in [0.25, 0.3) is 5.91 Å². The Morgan fingerprint density at radius 3 is 2.33 bits per heavy atom. The standard InChI is InChI=1S/C13H18N2O6/c1-6-9(17)10(18)11(19)13(21-6)15-14-12(20)7-2-4-8(16)5-3-7/h2-6,9-11,13,15-19H,1H3,(H,14,20)/t6-,9+,10-,11-,13+/m0/s1. The topological polar surface area (TPSA) is 131 Å². The fraction of sp³-hybridized carbons (Fsp3) is 0.462. The molecule has 1 amide bonds. The molecule has 0 aliphatic carbocycles. The van der Waals surface area contributed by atoms with Crippen LogP contribution in [-0.4, -0.2) is 57.0 Å². The molecule has 1 saturated heterocycles. The molecular weight excluding hydrogens is 280 g/mol. The highest BCUT2D eigenvalue weighted by atomic mass is 16.5. The van der Waals surface area contributed by atoms with E-state index >= 15 is 0 Å². The van der Waals surface area contributed by atoms with Crippen LogP contribution in [0, 0.1) is 0 Å². The van der Waals surface area contributed by atoms with Crippen LogP contribution >= 0.6 is 0 Å². The van der Waals surface area contributed by atoms with Gasteiger partial charge in [0.05, 0.1) is 6.10 Å². The van der Waals surface area contributed by atoms with Crippen LogP contribution in [0.4, 0.5) is 0 Å². The summed E-state index contributed by atoms with van der Waals surface area (Å²) in [5.41, 5.74) is 5.08. The molecule has 5 atom stereocenters. The maximum Gasteiger partial charge on any atom is 0.265 e. The molecule has 0 unspecified atom stereocenters. The molecule has 6 N–H and O–H groups in total. The number of hydrazine groups is 1. The first-order valence-electron chi connectivity index (χ1n) is 6.44. The van der Waals surface area contributed by atoms with Crippen molar-refractivity contribution in [2.75, 3.05) is 0 Å². The SMILES string of the molecule is C[C@@H]1O[C@@H](NNC(=O)c2ccc(O)cc2)[C@@H](O)[C@@H](O)[C@@H]1O. The summed E-state index contributed by atoms with van der Waals surface area (Å²) in [5.74, 6) is -0.462. The number of ether oxygens (including phenoxy) is 1. The summed E-state index contributed by atoms with van der Waals surface area (Å²) in [4.78, 5) is 11.8. The zero-order valence-corrected chi connectivity index (χ0v) is 11.3. The summed E-state index contributed by atoms with van der Waals surface area (Å²) in [6.45, 7) is 1.54. The first-order valence-corrected chi connectivity index (χ1v) is 6.44. The fourth-order valence-corrected chi connectivity index (χ4v) is 1.99. The van der Waals surface area contributed by atoms with Crippen molar-refractivity contribution in [1.82, 2.24) is 10.9 Å². The molecule has 1 aliphatic rings. The number of hydrogen-bond donors (Lipinski definition) is 6. The van der Waals surface area contributed by atoms with E-state index in [1.54, 1.807) is 0 Å². The minimum atomic E-state index is -1.39. The lowest BCUT2D eigenvalue weighted by atomic mass is 9.99. The van der Waals surface area contributed by atoms with E-state index in [4.69, 9.17) is 9.84 Å². The minimum Gasteiger partial charge on any atom is -0.508 e. The van der Waals surface area contributed by atoms with Gasteiger partial charge in [-0.05, 0) is 31.2 Å². The Labute approximate surface area is 121 Å². The number of hydrogen-bond acceptors (Lipinski definition) is 7. The zero-order chi connectivity index (χ0) is 15.6. The second kappa shape index (κ2) is 6.37. The predicted octanol–water partition coefficient (Wildman–Crippen LogP) is -1.55. The molecule has 1 heterocycles. The van der Waals surface area contributed by atoms with Crippen molar-refractivity contribution in [2.45, 2.75) is 37.6 Å². The van der Waals surface area contributed by atoms with Gasteiger partial charge in [-0.25, -0.2) is 5.43 Å². The maximum atomic E-state index is 11.8. The third-order valence-corrected chi connectivity index (χ3v) is 3.31. The number of benzene rings is 1. The largest absolute Gasteiger partial charge is 0.508 e. The Kier molecular flexibility index (Phi) is 4.76. The van der Waals surface area contributed by atoms with Crippen molar-refractivity contribution in [3.63, 3.8) is 0 Å². The second-order valence-electron chi connectivity index (χ2n) is 4.88. The molecule has 116 valence electrons. The quantitative estimate of drug-likeness (QED) is 0.373. The maximum absolute atomic E-state index is 11.8. The molecule has 1 aliphatic heterocycles. The van der Waals surface area contributed by atoms with Gasteiger partial charge in [0.2, 0.25) is 0 Å². The molecule has 0 bridgehead atoms. The van der Waals surface area contributed by atoms with Gasteiger partial charge >= 0.3 is 0 Å². The monoisotopic (exact) mass is 298 g/mol. The average molecular weight is 298 g/mol. The van der Waals surface area contributed by atoms with Gasteiger partial charge in [0, 0.05) is 5.56 Å². The van der Waals surface area contributed by atoms with E-state index in [-0.39, 0.29) is 5.75 Å². The second-order valence-corrected chi connectivity index (χ2v) is 4.88. The van der Waals surface area contributed by atoms with E-state index in [1.165, 1.54) is 31.2 Å². The van der Waals surface area contributed by atoms with E-state index in [1.807, 2.05) is 0 Å². The number of amides is 1. The lowest BCUT2D eigenvalue weighted by molar-refractivity contribution is -0.226. The van der Waals surface area contributed by atoms with Gasteiger partial charge in [0.1, 0.15) is 24.1 Å². The highest BCUT2D eigenvalue weighted by molar-refractivity contribution is 5.93. The molecule has 0 radical (unpaired) electrons. The lowest BCUT2D eigenvalue weighted by Crippen LogP contribution is -2.63. The normalized spacial score (nSPS) is 32.7. The summed E-state index contributed by atoms with van der Waals surface area (Å²) in [6, 6.07) is 5.57. The first-order chi connectivity index (χ1) is 9.90. The number of carbonyl (C=O) groups is 1. The molecule has 8 nitrogen and oxygen atoms in total. The van der Waals surface area contributed by atoms with E-state index < -0.39 is 36.6 Å². The summed E-state index contributed by atoms with van der Waals surface area (Å²) in [5, 5.41) is 38.1. The van der Waals surface area contributed by atoms with E-state index in [2.05, 4.69) is 10.9 Å². The molecule has 0 saturated carbocycles. The van der Waals surface area contributed by atoms with Crippen molar-refractivity contribution in [2.24, 2.45) is 0 Å². The lowest BCUT2D eigenvalue weighted by Gasteiger charge is -2.39. The Bertz CT molecular complexity index is 494. The molecule has 1 aromatic rings. The van der Waals surface area contributed by atoms with E-state index in [9.17, 15) is 20.1 Å². The van der Waals surface area contributed by atoms with Crippen LogP contribution in [0.15, 0.2) is 24.3 Å². The third kappa shape index (κ3) is 3.49. The van der Waals surface area contributed by atoms with Gasteiger partial charge in [-0.2, -0.15) is 0 Å². The van der Waals surface area contributed by atoms with Crippen LogP contribution in [0.2, 0.25) is 0 Å². The number of phenolic OH excluding ortho intramolecular Hbond substituents is 1. The number of phenols is 1. The smallest absolute Gasteiger partial charge is 0.265 e. The summed E-state index contributed by atoms with van der Waals surface area (Å²) in [7, 11) is 0. The van der Waals surface area contributed by atoms with Crippen LogP contribution in [0.1, 0.15) is 17.3 Å². The summed E-state index contributed by atoms with van der Waals surface area (Å²) >= 11 is 0. The molecule has 8 heteroatoms. The van der Waals surface area contributed by atoms with Gasteiger partial charge in [-0.1, -0.05) is 0 Å². The third-order valence-electron chi connectivity index (χ3n) is 3.31. The summed E-state index contributed by atoms with van der Waals surface area (Å²) < 4.78 is 5.26. The number of aromatic hydroxyl groups is 1. The number of aliphatic hydroxyl groups is 3. The molecule has 1 aromatic carbocycles. The summed E-state index contributed by atoms with van der Waals surface area (Å²) in [6.07, 6.45) is -5.73. The van der Waals surface area contributed by atoms with Crippen molar-refractivity contribution in [3.05, 3.63) is 29.8 Å². The minimum absolute atomic E-state index is 0.0384. The molecule has 0 spiro atoms. The van der Waals surface area contributed by atoms with E-state index in [0.29, 0.717) is 5.56 Å². The Balaban J connectivity index is 1.93. The zero-order valence-electron chi connectivity index (χ0n) is 11.3. The van der Waals surface area contributed by atoms with Crippen LogP contribution < -0.4 is 10.9 Å². The van der Waals surface area contributed by atoms with Crippen molar-refractivity contribution in [3.8, 4) is 5.75 Å². The van der Waals surface area contributed by atoms with Crippen molar-refractivity contribution >= 4 is 5.91 Å². The van der Waals surface area contributed by atoms with Crippen LogP contribution in [0.3, 0.4) is 0 Å². The fourth-order valence-electron chi connectivity index (χ4n) is 1.99. The molecule has 21 heavy (non-hydrogen) atoms. The van der Waals surface area contributed by atoms with Gasteiger partial charge in [0.15, 0.2) is 6.23 Å². The first kappa shape index (κ1) is 15.7. The Morgan fingerprint density at radius 1 is 1.10 bits per heavy atom. The number of rotatable bonds is 3. The van der Waals surface area contributed by atoms with Crippen LogP contribution in [0.5, 0.6) is 5.75 Å². The highest BCUT2D eigenvalue weighted by Gasteiger charge is 2.41. The van der Waals surface area contributed by atoms with Gasteiger partial charge < -0.3 is 25.2 Å². The number of nitrogens with one attached hydrogen (secondary N) is 2. The van der Waals surface area contributed by atoms with Crippen LogP contribution in [-0.2, 0) is 4.74 Å². The van der Waals surface area contributed by atoms with Gasteiger partial charge in [-0.15, -0.1) is 0 Å². The van der Waals surface area contributed by atoms with Gasteiger partial charge in [-0.3, -0.25) is 10.2 Å². The predicted molar refractivity (Wildman–Crippen MR) is 71.1 cm³/mol. The average Bonchev–Trinajstić information content (AvgIpc) is 2.48. The number of carbonyl (C=O) groups excluding carboxylic acids is 1. The van der Waals surface area contributed by atoms with E-state index in [0.717, 1.165) is 0 Å². The van der Waals surface area contributed by atoms with Crippen molar-refractivity contribution in [1.29, 1.82) is 0 Å². The Morgan fingerprint density at radius 2 is 1.71 bits per heavy atom. The van der Waals surface area contributed by atoms with Crippen molar-refractivity contribution < 1.29 is 30.0 Å². The molecule has 1 fully saturated rings. The molecule has 2 rings (SSSR count). The number of aliphatic hydroxyl groups excluding tert-OH is 3. The molecular formula is C13H18N2O6. The Hall–Kier alpha value is -1.71.